The van der Waals surface area contributed by atoms with Crippen molar-refractivity contribution in [1.29, 1.82) is 0 Å². The lowest BCUT2D eigenvalue weighted by molar-refractivity contribution is 0.0208. The molecule has 0 bridgehead atoms. The van der Waals surface area contributed by atoms with Gasteiger partial charge < -0.3 is 10.8 Å². The third-order valence-corrected chi connectivity index (χ3v) is 4.66. The van der Waals surface area contributed by atoms with Gasteiger partial charge in [0, 0.05) is 18.2 Å². The van der Waals surface area contributed by atoms with E-state index < -0.39 is 9.84 Å². The van der Waals surface area contributed by atoms with Gasteiger partial charge in [-0.25, -0.2) is 8.42 Å². The molecule has 0 aromatic heterocycles. The molecule has 0 spiro atoms. The van der Waals surface area contributed by atoms with Gasteiger partial charge >= 0.3 is 0 Å². The molecule has 0 amide bonds. The lowest BCUT2D eigenvalue weighted by atomic mass is 9.63. The molecule has 17 heavy (non-hydrogen) atoms. The second-order valence-corrected chi connectivity index (χ2v) is 6.80. The van der Waals surface area contributed by atoms with Crippen LogP contribution in [0.5, 0.6) is 0 Å². The number of rotatable bonds is 3. The molecule has 5 heteroatoms. The Kier molecular flexibility index (Phi) is 3.01. The molecule has 0 saturated heterocycles. The van der Waals surface area contributed by atoms with Crippen molar-refractivity contribution in [2.45, 2.75) is 29.3 Å². The molecule has 1 aliphatic rings. The first kappa shape index (κ1) is 12.5. The predicted octanol–water partition coefficient (Wildman–Crippen LogP) is 0.441. The normalized spacial score (nSPS) is 28.8. The zero-order valence-electron chi connectivity index (χ0n) is 9.76. The fourth-order valence-corrected chi connectivity index (χ4v) is 3.58. The molecule has 1 aromatic carbocycles. The van der Waals surface area contributed by atoms with Gasteiger partial charge in [0.2, 0.25) is 0 Å². The highest BCUT2D eigenvalue weighted by Gasteiger charge is 2.45. The van der Waals surface area contributed by atoms with Gasteiger partial charge in [0.25, 0.3) is 0 Å². The van der Waals surface area contributed by atoms with Crippen LogP contribution >= 0.6 is 0 Å². The summed E-state index contributed by atoms with van der Waals surface area (Å²) in [4.78, 5) is 0.331. The van der Waals surface area contributed by atoms with E-state index in [1.54, 1.807) is 18.2 Å². The summed E-state index contributed by atoms with van der Waals surface area (Å²) < 4.78 is 23.5. The van der Waals surface area contributed by atoms with E-state index in [1.165, 1.54) is 6.26 Å². The number of aliphatic hydroxyl groups is 1. The Bertz CT molecular complexity index is 518. The summed E-state index contributed by atoms with van der Waals surface area (Å²) in [6.07, 6.45) is 1.91. The van der Waals surface area contributed by atoms with E-state index in [-0.39, 0.29) is 11.5 Å². The molecule has 3 N–H and O–H groups in total. The Morgan fingerprint density at radius 3 is 2.47 bits per heavy atom. The number of nitrogens with two attached hydrogens (primary N) is 1. The maximum atomic E-state index is 11.7. The standard InChI is InChI=1S/C12H17NO3S/c1-17(15,16)11-5-3-2-4-10(11)12(8-13)6-9(14)7-12/h2-5,9,14H,6-8,13H2,1H3. The largest absolute Gasteiger partial charge is 0.393 e. The van der Waals surface area contributed by atoms with Crippen LogP contribution in [0.3, 0.4) is 0 Å². The molecule has 0 unspecified atom stereocenters. The van der Waals surface area contributed by atoms with E-state index in [2.05, 4.69) is 0 Å². The van der Waals surface area contributed by atoms with Crippen molar-refractivity contribution in [2.24, 2.45) is 5.73 Å². The van der Waals surface area contributed by atoms with Crippen LogP contribution in [0.15, 0.2) is 29.2 Å². The summed E-state index contributed by atoms with van der Waals surface area (Å²) in [6, 6.07) is 6.92. The fraction of sp³-hybridized carbons (Fsp3) is 0.500. The van der Waals surface area contributed by atoms with Gasteiger partial charge in [-0.05, 0) is 24.5 Å². The maximum absolute atomic E-state index is 11.7. The molecule has 0 atom stereocenters. The van der Waals surface area contributed by atoms with E-state index in [1.807, 2.05) is 6.07 Å². The van der Waals surface area contributed by atoms with Crippen LogP contribution in [-0.2, 0) is 15.3 Å². The van der Waals surface area contributed by atoms with Gasteiger partial charge in [0.1, 0.15) is 0 Å². The average Bonchev–Trinajstić information content (AvgIpc) is 2.23. The van der Waals surface area contributed by atoms with E-state index in [4.69, 9.17) is 5.73 Å². The molecule has 1 aromatic rings. The smallest absolute Gasteiger partial charge is 0.175 e. The second kappa shape index (κ2) is 4.08. The topological polar surface area (TPSA) is 80.4 Å². The van der Waals surface area contributed by atoms with Crippen LogP contribution in [0.4, 0.5) is 0 Å². The van der Waals surface area contributed by atoms with Crippen molar-refractivity contribution in [1.82, 2.24) is 0 Å². The monoisotopic (exact) mass is 255 g/mol. The Morgan fingerprint density at radius 2 is 2.00 bits per heavy atom. The number of aliphatic hydroxyl groups excluding tert-OH is 1. The van der Waals surface area contributed by atoms with E-state index in [0.717, 1.165) is 5.56 Å². The van der Waals surface area contributed by atoms with Gasteiger partial charge in [-0.3, -0.25) is 0 Å². The quantitative estimate of drug-likeness (QED) is 0.821. The average molecular weight is 255 g/mol. The number of benzene rings is 1. The van der Waals surface area contributed by atoms with Crippen LogP contribution in [0, 0.1) is 0 Å². The van der Waals surface area contributed by atoms with Crippen LogP contribution in [0.1, 0.15) is 18.4 Å². The van der Waals surface area contributed by atoms with E-state index >= 15 is 0 Å². The van der Waals surface area contributed by atoms with Crippen molar-refractivity contribution in [3.8, 4) is 0 Å². The van der Waals surface area contributed by atoms with E-state index in [9.17, 15) is 13.5 Å². The second-order valence-electron chi connectivity index (χ2n) is 4.81. The summed E-state index contributed by atoms with van der Waals surface area (Å²) in [7, 11) is -3.26. The molecule has 0 heterocycles. The summed E-state index contributed by atoms with van der Waals surface area (Å²) in [5, 5.41) is 9.46. The van der Waals surface area contributed by atoms with Gasteiger partial charge in [-0.15, -0.1) is 0 Å². The van der Waals surface area contributed by atoms with Crippen LogP contribution < -0.4 is 5.73 Å². The minimum Gasteiger partial charge on any atom is -0.393 e. The molecule has 4 nitrogen and oxygen atoms in total. The van der Waals surface area contributed by atoms with Gasteiger partial charge in [0.15, 0.2) is 9.84 Å². The molecule has 94 valence electrons. The number of sulfone groups is 1. The summed E-state index contributed by atoms with van der Waals surface area (Å²) in [5.41, 5.74) is 6.14. The molecule has 1 fully saturated rings. The molecule has 1 aliphatic carbocycles. The minimum absolute atomic E-state index is 0.331. The Balaban J connectivity index is 2.53. The maximum Gasteiger partial charge on any atom is 0.175 e. The summed E-state index contributed by atoms with van der Waals surface area (Å²) >= 11 is 0. The lowest BCUT2D eigenvalue weighted by Crippen LogP contribution is -2.50. The van der Waals surface area contributed by atoms with Crippen molar-refractivity contribution in [3.05, 3.63) is 29.8 Å². The van der Waals surface area contributed by atoms with Gasteiger partial charge in [0.05, 0.1) is 11.0 Å². The first-order valence-corrected chi connectivity index (χ1v) is 7.46. The fourth-order valence-electron chi connectivity index (χ4n) is 2.57. The number of hydrogen-bond acceptors (Lipinski definition) is 4. The third-order valence-electron chi connectivity index (χ3n) is 3.50. The Morgan fingerprint density at radius 1 is 1.41 bits per heavy atom. The highest BCUT2D eigenvalue weighted by atomic mass is 32.2. The SMILES string of the molecule is CS(=O)(=O)c1ccccc1C1(CN)CC(O)C1. The summed E-state index contributed by atoms with van der Waals surface area (Å²) in [6.45, 7) is 0.358. The van der Waals surface area contributed by atoms with Crippen LogP contribution in [0.2, 0.25) is 0 Å². The van der Waals surface area contributed by atoms with E-state index in [0.29, 0.717) is 24.3 Å². The number of hydrogen-bond donors (Lipinski definition) is 2. The Hall–Kier alpha value is -0.910. The van der Waals surface area contributed by atoms with Crippen molar-refractivity contribution >= 4 is 9.84 Å². The van der Waals surface area contributed by atoms with Crippen LogP contribution in [0.25, 0.3) is 0 Å². The lowest BCUT2D eigenvalue weighted by Gasteiger charge is -2.45. The van der Waals surface area contributed by atoms with Crippen LogP contribution in [-0.4, -0.2) is 32.4 Å². The molecular formula is C12H17NO3S. The van der Waals surface area contributed by atoms with Crippen molar-refractivity contribution in [2.75, 3.05) is 12.8 Å². The third kappa shape index (κ3) is 2.10. The predicted molar refractivity (Wildman–Crippen MR) is 65.5 cm³/mol. The minimum atomic E-state index is -3.26. The van der Waals surface area contributed by atoms with Gasteiger partial charge in [-0.2, -0.15) is 0 Å². The summed E-state index contributed by atoms with van der Waals surface area (Å²) in [5.74, 6) is 0. The molecular weight excluding hydrogens is 238 g/mol. The molecule has 2 rings (SSSR count). The molecule has 0 aliphatic heterocycles. The molecule has 0 radical (unpaired) electrons. The van der Waals surface area contributed by atoms with Crippen molar-refractivity contribution < 1.29 is 13.5 Å². The van der Waals surface area contributed by atoms with Crippen molar-refractivity contribution in [3.63, 3.8) is 0 Å². The first-order chi connectivity index (χ1) is 7.89. The zero-order valence-corrected chi connectivity index (χ0v) is 10.6. The first-order valence-electron chi connectivity index (χ1n) is 5.57. The highest BCUT2D eigenvalue weighted by Crippen LogP contribution is 2.45. The van der Waals surface area contributed by atoms with Gasteiger partial charge in [-0.1, -0.05) is 18.2 Å². The Labute approximate surface area is 101 Å². The molecule has 1 saturated carbocycles. The highest BCUT2D eigenvalue weighted by molar-refractivity contribution is 7.90. The zero-order chi connectivity index (χ0) is 12.7.